The van der Waals surface area contributed by atoms with Crippen molar-refractivity contribution in [3.8, 4) is 0 Å². The third kappa shape index (κ3) is 2.29. The van der Waals surface area contributed by atoms with Crippen molar-refractivity contribution in [2.75, 3.05) is 6.54 Å². The molecule has 70 valence electrons. The summed E-state index contributed by atoms with van der Waals surface area (Å²) in [7, 11) is 0. The van der Waals surface area contributed by atoms with Gasteiger partial charge in [0, 0.05) is 6.54 Å². The van der Waals surface area contributed by atoms with Crippen LogP contribution in [0.3, 0.4) is 0 Å². The van der Waals surface area contributed by atoms with Crippen LogP contribution in [0.25, 0.3) is 6.08 Å². The molecule has 0 aromatic heterocycles. The summed E-state index contributed by atoms with van der Waals surface area (Å²) >= 11 is 5.77. The Morgan fingerprint density at radius 3 is 2.85 bits per heavy atom. The topological polar surface area (TPSA) is 26.0 Å². The number of rotatable bonds is 2. The Morgan fingerprint density at radius 2 is 2.23 bits per heavy atom. The molecule has 1 aromatic rings. The van der Waals surface area contributed by atoms with Crippen molar-refractivity contribution >= 4 is 17.7 Å². The molecule has 0 atom stereocenters. The van der Waals surface area contributed by atoms with Gasteiger partial charge in [-0.3, -0.25) is 0 Å². The molecule has 0 aliphatic rings. The zero-order valence-electron chi connectivity index (χ0n) is 7.35. The highest BCUT2D eigenvalue weighted by Crippen LogP contribution is 2.23. The van der Waals surface area contributed by atoms with Crippen molar-refractivity contribution in [3.63, 3.8) is 0 Å². The second-order valence-electron chi connectivity index (χ2n) is 2.74. The summed E-state index contributed by atoms with van der Waals surface area (Å²) in [4.78, 5) is 0. The molecule has 0 saturated carbocycles. The largest absolute Gasteiger partial charge is 0.327 e. The van der Waals surface area contributed by atoms with Gasteiger partial charge < -0.3 is 5.73 Å². The number of hydrogen-bond donors (Lipinski definition) is 1. The fourth-order valence-electron chi connectivity index (χ4n) is 0.985. The van der Waals surface area contributed by atoms with Gasteiger partial charge in [-0.25, -0.2) is 4.39 Å². The van der Waals surface area contributed by atoms with Crippen LogP contribution in [0.5, 0.6) is 0 Å². The van der Waals surface area contributed by atoms with E-state index in [2.05, 4.69) is 0 Å². The molecule has 0 saturated heterocycles. The molecule has 0 fully saturated rings. The fourth-order valence-corrected chi connectivity index (χ4v) is 1.26. The van der Waals surface area contributed by atoms with Gasteiger partial charge in [0.1, 0.15) is 5.82 Å². The summed E-state index contributed by atoms with van der Waals surface area (Å²) in [5, 5.41) is 0.157. The van der Waals surface area contributed by atoms with Crippen LogP contribution in [0.1, 0.15) is 11.1 Å². The lowest BCUT2D eigenvalue weighted by atomic mass is 10.1. The van der Waals surface area contributed by atoms with E-state index in [1.807, 2.05) is 0 Å². The number of aryl methyl sites for hydroxylation is 1. The number of halogens is 2. The molecule has 0 heterocycles. The first-order valence-electron chi connectivity index (χ1n) is 3.98. The van der Waals surface area contributed by atoms with E-state index in [9.17, 15) is 4.39 Å². The predicted molar refractivity (Wildman–Crippen MR) is 54.2 cm³/mol. The summed E-state index contributed by atoms with van der Waals surface area (Å²) in [6, 6.07) is 3.46. The summed E-state index contributed by atoms with van der Waals surface area (Å²) in [5.74, 6) is -0.360. The molecule has 1 rings (SSSR count). The highest BCUT2D eigenvalue weighted by atomic mass is 35.5. The van der Waals surface area contributed by atoms with Gasteiger partial charge in [0.25, 0.3) is 0 Å². The average molecular weight is 200 g/mol. The van der Waals surface area contributed by atoms with E-state index < -0.39 is 0 Å². The minimum Gasteiger partial charge on any atom is -0.327 e. The molecule has 1 nitrogen and oxygen atoms in total. The first-order chi connectivity index (χ1) is 6.16. The second kappa shape index (κ2) is 4.40. The molecule has 0 spiro atoms. The van der Waals surface area contributed by atoms with E-state index in [1.54, 1.807) is 31.2 Å². The number of benzene rings is 1. The summed E-state index contributed by atoms with van der Waals surface area (Å²) < 4.78 is 13.2. The SMILES string of the molecule is Cc1ccc(/C=C/CN)c(Cl)c1F. The van der Waals surface area contributed by atoms with Crippen molar-refractivity contribution in [2.45, 2.75) is 6.92 Å². The van der Waals surface area contributed by atoms with E-state index in [4.69, 9.17) is 17.3 Å². The first kappa shape index (κ1) is 10.2. The molecule has 1 aromatic carbocycles. The van der Waals surface area contributed by atoms with Crippen molar-refractivity contribution in [1.29, 1.82) is 0 Å². The molecule has 13 heavy (non-hydrogen) atoms. The smallest absolute Gasteiger partial charge is 0.145 e. The van der Waals surface area contributed by atoms with Gasteiger partial charge in [-0.15, -0.1) is 0 Å². The fraction of sp³-hybridized carbons (Fsp3) is 0.200. The van der Waals surface area contributed by atoms with Crippen LogP contribution in [0, 0.1) is 12.7 Å². The maximum Gasteiger partial charge on any atom is 0.145 e. The maximum atomic E-state index is 13.2. The van der Waals surface area contributed by atoms with Crippen molar-refractivity contribution in [1.82, 2.24) is 0 Å². The monoisotopic (exact) mass is 199 g/mol. The Kier molecular flexibility index (Phi) is 3.46. The van der Waals surface area contributed by atoms with Gasteiger partial charge in [0.05, 0.1) is 5.02 Å². The highest BCUT2D eigenvalue weighted by molar-refractivity contribution is 6.32. The highest BCUT2D eigenvalue weighted by Gasteiger charge is 2.05. The predicted octanol–water partition coefficient (Wildman–Crippen LogP) is 2.76. The summed E-state index contributed by atoms with van der Waals surface area (Å²) in [6.45, 7) is 2.10. The molecular weight excluding hydrogens is 189 g/mol. The third-order valence-electron chi connectivity index (χ3n) is 1.74. The van der Waals surface area contributed by atoms with E-state index in [0.29, 0.717) is 17.7 Å². The van der Waals surface area contributed by atoms with Gasteiger partial charge >= 0.3 is 0 Å². The van der Waals surface area contributed by atoms with Crippen LogP contribution in [0.4, 0.5) is 4.39 Å². The van der Waals surface area contributed by atoms with E-state index >= 15 is 0 Å². The van der Waals surface area contributed by atoms with Gasteiger partial charge in [-0.1, -0.05) is 35.9 Å². The molecule has 0 radical (unpaired) electrons. The molecule has 0 bridgehead atoms. The van der Waals surface area contributed by atoms with Gasteiger partial charge in [0.15, 0.2) is 0 Å². The Labute approximate surface area is 82.0 Å². The van der Waals surface area contributed by atoms with Crippen LogP contribution in [0.15, 0.2) is 18.2 Å². The van der Waals surface area contributed by atoms with Crippen LogP contribution in [-0.4, -0.2) is 6.54 Å². The van der Waals surface area contributed by atoms with Crippen LogP contribution >= 0.6 is 11.6 Å². The van der Waals surface area contributed by atoms with Gasteiger partial charge in [-0.2, -0.15) is 0 Å². The minimum absolute atomic E-state index is 0.157. The molecule has 0 amide bonds. The number of nitrogens with two attached hydrogens (primary N) is 1. The molecule has 0 unspecified atom stereocenters. The lowest BCUT2D eigenvalue weighted by molar-refractivity contribution is 0.618. The maximum absolute atomic E-state index is 13.2. The van der Waals surface area contributed by atoms with Crippen LogP contribution in [-0.2, 0) is 0 Å². The molecule has 3 heteroatoms. The zero-order chi connectivity index (χ0) is 9.84. The quantitative estimate of drug-likeness (QED) is 0.779. The van der Waals surface area contributed by atoms with Crippen molar-refractivity contribution in [2.24, 2.45) is 5.73 Å². The van der Waals surface area contributed by atoms with Gasteiger partial charge in [-0.05, 0) is 18.1 Å². The number of hydrogen-bond acceptors (Lipinski definition) is 1. The van der Waals surface area contributed by atoms with Gasteiger partial charge in [0.2, 0.25) is 0 Å². The second-order valence-corrected chi connectivity index (χ2v) is 3.12. The molecule has 0 aliphatic heterocycles. The Balaban J connectivity index is 3.11. The van der Waals surface area contributed by atoms with E-state index in [0.717, 1.165) is 0 Å². The van der Waals surface area contributed by atoms with Crippen LogP contribution in [0.2, 0.25) is 5.02 Å². The lowest BCUT2D eigenvalue weighted by Crippen LogP contribution is -1.93. The van der Waals surface area contributed by atoms with E-state index in [1.165, 1.54) is 0 Å². The normalized spacial score (nSPS) is 11.1. The Bertz CT molecular complexity index is 334. The lowest BCUT2D eigenvalue weighted by Gasteiger charge is -2.02. The summed E-state index contributed by atoms with van der Waals surface area (Å²) in [6.07, 6.45) is 3.45. The minimum atomic E-state index is -0.360. The Hall–Kier alpha value is -0.860. The van der Waals surface area contributed by atoms with Crippen LogP contribution < -0.4 is 5.73 Å². The average Bonchev–Trinajstić information content (AvgIpc) is 2.13. The third-order valence-corrected chi connectivity index (χ3v) is 2.12. The molecule has 0 aliphatic carbocycles. The standard InChI is InChI=1S/C10H11ClFN/c1-7-4-5-8(3-2-6-13)9(11)10(7)12/h2-5H,6,13H2,1H3/b3-2+. The Morgan fingerprint density at radius 1 is 1.54 bits per heavy atom. The van der Waals surface area contributed by atoms with Crippen molar-refractivity contribution < 1.29 is 4.39 Å². The first-order valence-corrected chi connectivity index (χ1v) is 4.36. The van der Waals surface area contributed by atoms with E-state index in [-0.39, 0.29) is 10.8 Å². The molecular formula is C10H11ClFN. The molecule has 2 N–H and O–H groups in total. The zero-order valence-corrected chi connectivity index (χ0v) is 8.11. The summed E-state index contributed by atoms with van der Waals surface area (Å²) in [5.41, 5.74) is 6.48. The van der Waals surface area contributed by atoms with Crippen molar-refractivity contribution in [3.05, 3.63) is 40.2 Å².